The van der Waals surface area contributed by atoms with Gasteiger partial charge in [-0.1, -0.05) is 60.7 Å². The fourth-order valence-electron chi connectivity index (χ4n) is 2.73. The number of nitrogens with zero attached hydrogens (tertiary/aromatic N) is 3. The molecule has 0 atom stereocenters. The summed E-state index contributed by atoms with van der Waals surface area (Å²) in [6, 6.07) is 22.7. The molecule has 0 spiro atoms. The highest BCUT2D eigenvalue weighted by Crippen LogP contribution is 2.11. The molecule has 5 heteroatoms. The zero-order valence-corrected chi connectivity index (χ0v) is 14.7. The van der Waals surface area contributed by atoms with Crippen LogP contribution in [0.3, 0.4) is 0 Å². The molecule has 0 saturated heterocycles. The van der Waals surface area contributed by atoms with Gasteiger partial charge in [0.1, 0.15) is 6.54 Å². The van der Waals surface area contributed by atoms with Gasteiger partial charge < -0.3 is 4.90 Å². The summed E-state index contributed by atoms with van der Waals surface area (Å²) in [5.74, 6) is -0.141. The van der Waals surface area contributed by atoms with Crippen LogP contribution in [0, 0.1) is 6.92 Å². The average Bonchev–Trinajstić information content (AvgIpc) is 2.66. The Morgan fingerprint density at radius 3 is 1.96 bits per heavy atom. The van der Waals surface area contributed by atoms with Gasteiger partial charge in [-0.25, -0.2) is 4.68 Å². The van der Waals surface area contributed by atoms with E-state index >= 15 is 0 Å². The quantitative estimate of drug-likeness (QED) is 0.689. The topological polar surface area (TPSA) is 55.2 Å². The molecule has 0 N–H and O–H groups in total. The molecule has 0 bridgehead atoms. The van der Waals surface area contributed by atoms with Gasteiger partial charge in [0.25, 0.3) is 5.56 Å². The molecule has 0 unspecified atom stereocenters. The average molecular weight is 347 g/mol. The van der Waals surface area contributed by atoms with E-state index in [4.69, 9.17) is 0 Å². The Labute approximate surface area is 152 Å². The van der Waals surface area contributed by atoms with E-state index < -0.39 is 0 Å². The molecule has 3 rings (SSSR count). The van der Waals surface area contributed by atoms with Gasteiger partial charge in [0.15, 0.2) is 0 Å². The number of rotatable bonds is 6. The molecule has 132 valence electrons. The van der Waals surface area contributed by atoms with Gasteiger partial charge in [-0.3, -0.25) is 9.59 Å². The summed E-state index contributed by atoms with van der Waals surface area (Å²) < 4.78 is 1.22. The number of amides is 1. The van der Waals surface area contributed by atoms with Crippen LogP contribution in [-0.2, 0) is 24.4 Å². The Kier molecular flexibility index (Phi) is 5.59. The number of aromatic nitrogens is 2. The molecule has 0 radical (unpaired) electrons. The predicted molar refractivity (Wildman–Crippen MR) is 100 cm³/mol. The lowest BCUT2D eigenvalue weighted by molar-refractivity contribution is -0.133. The molecule has 1 heterocycles. The summed E-state index contributed by atoms with van der Waals surface area (Å²) in [5.41, 5.74) is 2.51. The van der Waals surface area contributed by atoms with E-state index in [-0.39, 0.29) is 18.0 Å². The largest absolute Gasteiger partial charge is 0.332 e. The molecule has 0 aliphatic heterocycles. The van der Waals surface area contributed by atoms with Gasteiger partial charge in [0.2, 0.25) is 5.91 Å². The molecular formula is C21H21N3O2. The Balaban J connectivity index is 1.82. The second-order valence-corrected chi connectivity index (χ2v) is 6.19. The first-order chi connectivity index (χ1) is 12.6. The van der Waals surface area contributed by atoms with Gasteiger partial charge in [-0.15, -0.1) is 0 Å². The van der Waals surface area contributed by atoms with Crippen molar-refractivity contribution in [2.45, 2.75) is 26.6 Å². The van der Waals surface area contributed by atoms with E-state index in [1.165, 1.54) is 10.7 Å². The second kappa shape index (κ2) is 8.25. The highest BCUT2D eigenvalue weighted by atomic mass is 16.2. The monoisotopic (exact) mass is 347 g/mol. The van der Waals surface area contributed by atoms with Gasteiger partial charge in [-0.05, 0) is 24.1 Å². The smallest absolute Gasteiger partial charge is 0.267 e. The van der Waals surface area contributed by atoms with E-state index in [9.17, 15) is 9.59 Å². The number of hydrogen-bond acceptors (Lipinski definition) is 3. The van der Waals surface area contributed by atoms with Crippen molar-refractivity contribution in [3.8, 4) is 0 Å². The number of benzene rings is 2. The molecule has 2 aromatic carbocycles. The maximum atomic E-state index is 12.9. The van der Waals surface area contributed by atoms with E-state index in [0.717, 1.165) is 11.1 Å². The summed E-state index contributed by atoms with van der Waals surface area (Å²) in [6.07, 6.45) is 0. The number of carbonyl (C=O) groups is 1. The van der Waals surface area contributed by atoms with Crippen LogP contribution in [0.15, 0.2) is 77.6 Å². The normalized spacial score (nSPS) is 10.5. The maximum absolute atomic E-state index is 12.9. The van der Waals surface area contributed by atoms with Crippen LogP contribution >= 0.6 is 0 Å². The minimum atomic E-state index is -0.275. The molecule has 3 aromatic rings. The highest BCUT2D eigenvalue weighted by molar-refractivity contribution is 5.76. The van der Waals surface area contributed by atoms with Crippen LogP contribution in [-0.4, -0.2) is 20.6 Å². The predicted octanol–water partition coefficient (Wildman–Crippen LogP) is 2.78. The summed E-state index contributed by atoms with van der Waals surface area (Å²) in [5, 5.41) is 4.17. The van der Waals surface area contributed by atoms with Crippen LogP contribution in [0.2, 0.25) is 0 Å². The third-order valence-corrected chi connectivity index (χ3v) is 4.07. The van der Waals surface area contributed by atoms with Crippen molar-refractivity contribution < 1.29 is 4.79 Å². The van der Waals surface area contributed by atoms with Crippen molar-refractivity contribution in [3.05, 3.63) is 100.0 Å². The maximum Gasteiger partial charge on any atom is 0.267 e. The van der Waals surface area contributed by atoms with Gasteiger partial charge in [0, 0.05) is 19.2 Å². The first-order valence-electron chi connectivity index (χ1n) is 8.52. The fraction of sp³-hybridized carbons (Fsp3) is 0.190. The Morgan fingerprint density at radius 1 is 0.885 bits per heavy atom. The van der Waals surface area contributed by atoms with Gasteiger partial charge >= 0.3 is 0 Å². The van der Waals surface area contributed by atoms with Crippen LogP contribution in [0.5, 0.6) is 0 Å². The van der Waals surface area contributed by atoms with E-state index in [1.807, 2.05) is 60.7 Å². The van der Waals surface area contributed by atoms with Crippen molar-refractivity contribution in [1.29, 1.82) is 0 Å². The van der Waals surface area contributed by atoms with Crippen LogP contribution < -0.4 is 5.56 Å². The Hall–Kier alpha value is -3.21. The minimum absolute atomic E-state index is 0.0693. The van der Waals surface area contributed by atoms with E-state index in [1.54, 1.807) is 17.9 Å². The van der Waals surface area contributed by atoms with Crippen molar-refractivity contribution in [2.24, 2.45) is 0 Å². The minimum Gasteiger partial charge on any atom is -0.332 e. The second-order valence-electron chi connectivity index (χ2n) is 6.19. The molecule has 26 heavy (non-hydrogen) atoms. The highest BCUT2D eigenvalue weighted by Gasteiger charge is 2.16. The van der Waals surface area contributed by atoms with Crippen molar-refractivity contribution in [2.75, 3.05) is 0 Å². The number of hydrogen-bond donors (Lipinski definition) is 0. The van der Waals surface area contributed by atoms with Crippen LogP contribution in [0.25, 0.3) is 0 Å². The Morgan fingerprint density at radius 2 is 1.42 bits per heavy atom. The molecular weight excluding hydrogens is 326 g/mol. The fourth-order valence-corrected chi connectivity index (χ4v) is 2.73. The lowest BCUT2D eigenvalue weighted by atomic mass is 10.1. The molecule has 1 amide bonds. The van der Waals surface area contributed by atoms with Crippen molar-refractivity contribution in [3.63, 3.8) is 0 Å². The lowest BCUT2D eigenvalue weighted by Crippen LogP contribution is -2.36. The van der Waals surface area contributed by atoms with Gasteiger partial charge in [0.05, 0.1) is 5.69 Å². The molecule has 0 fully saturated rings. The standard InChI is InChI=1S/C21H21N3O2/c1-17-12-13-20(25)24(22-17)16-21(26)23(14-18-8-4-2-5-9-18)15-19-10-6-3-7-11-19/h2-13H,14-16H2,1H3. The summed E-state index contributed by atoms with van der Waals surface area (Å²) in [7, 11) is 0. The first-order valence-corrected chi connectivity index (χ1v) is 8.52. The molecule has 0 saturated carbocycles. The van der Waals surface area contributed by atoms with Gasteiger partial charge in [-0.2, -0.15) is 5.10 Å². The van der Waals surface area contributed by atoms with E-state index in [2.05, 4.69) is 5.10 Å². The molecule has 0 aliphatic carbocycles. The number of carbonyl (C=O) groups excluding carboxylic acids is 1. The molecule has 5 nitrogen and oxygen atoms in total. The summed E-state index contributed by atoms with van der Waals surface area (Å²) in [6.45, 7) is 2.69. The van der Waals surface area contributed by atoms with Crippen LogP contribution in [0.4, 0.5) is 0 Å². The van der Waals surface area contributed by atoms with Crippen molar-refractivity contribution >= 4 is 5.91 Å². The van der Waals surface area contributed by atoms with Crippen LogP contribution in [0.1, 0.15) is 16.8 Å². The zero-order valence-electron chi connectivity index (χ0n) is 14.7. The lowest BCUT2D eigenvalue weighted by Gasteiger charge is -2.23. The summed E-state index contributed by atoms with van der Waals surface area (Å²) >= 11 is 0. The summed E-state index contributed by atoms with van der Waals surface area (Å²) in [4.78, 5) is 26.6. The molecule has 1 aromatic heterocycles. The van der Waals surface area contributed by atoms with Crippen molar-refractivity contribution in [1.82, 2.24) is 14.7 Å². The molecule has 0 aliphatic rings. The zero-order chi connectivity index (χ0) is 18.4. The first kappa shape index (κ1) is 17.6. The third-order valence-electron chi connectivity index (χ3n) is 4.07. The SMILES string of the molecule is Cc1ccc(=O)n(CC(=O)N(Cc2ccccc2)Cc2ccccc2)n1. The Bertz CT molecular complexity index is 879. The van der Waals surface area contributed by atoms with E-state index in [0.29, 0.717) is 18.8 Å². The number of aryl methyl sites for hydroxylation is 1. The third kappa shape index (κ3) is 4.66.